The van der Waals surface area contributed by atoms with E-state index in [0.717, 1.165) is 22.3 Å². The largest absolute Gasteiger partial charge is 0.368 e. The smallest absolute Gasteiger partial charge is 0.141 e. The van der Waals surface area contributed by atoms with Crippen LogP contribution in [0.4, 0.5) is 0 Å². The lowest BCUT2D eigenvalue weighted by molar-refractivity contribution is -0.243. The molecule has 208 valence electrons. The number of nitrogens with zero attached hydrogens (tertiary/aromatic N) is 2. The molecular weight excluding hydrogens is 512 g/mol. The Balaban J connectivity index is 1.35. The molecule has 6 heteroatoms. The van der Waals surface area contributed by atoms with Crippen molar-refractivity contribution < 1.29 is 18.9 Å². The molecule has 0 aliphatic carbocycles. The van der Waals surface area contributed by atoms with E-state index in [-0.39, 0.29) is 6.04 Å². The monoisotopic (exact) mass is 546 g/mol. The molecule has 0 amide bonds. The Kier molecular flexibility index (Phi) is 8.82. The third-order valence-electron chi connectivity index (χ3n) is 7.81. The molecule has 2 aliphatic rings. The third-order valence-corrected chi connectivity index (χ3v) is 7.81. The Morgan fingerprint density at radius 3 is 1.54 bits per heavy atom. The maximum Gasteiger partial charge on any atom is 0.141 e. The average molecular weight is 547 g/mol. The van der Waals surface area contributed by atoms with Crippen molar-refractivity contribution in [2.75, 3.05) is 6.61 Å². The lowest BCUT2D eigenvalue weighted by atomic mass is 9.90. The van der Waals surface area contributed by atoms with Gasteiger partial charge in [-0.25, -0.2) is 4.90 Å². The summed E-state index contributed by atoms with van der Waals surface area (Å²) in [7, 11) is 0. The topological polar surface area (TPSA) is 64.0 Å². The van der Waals surface area contributed by atoms with Gasteiger partial charge in [-0.3, -0.25) is 0 Å². The van der Waals surface area contributed by atoms with Gasteiger partial charge in [0.15, 0.2) is 0 Å². The molecule has 1 unspecified atom stereocenters. The summed E-state index contributed by atoms with van der Waals surface area (Å²) in [5.41, 5.74) is 4.24. The van der Waals surface area contributed by atoms with Gasteiger partial charge in [0.2, 0.25) is 0 Å². The predicted molar refractivity (Wildman–Crippen MR) is 155 cm³/mol. The molecule has 0 saturated carbocycles. The van der Waals surface area contributed by atoms with Crippen molar-refractivity contribution in [1.82, 2.24) is 4.90 Å². The van der Waals surface area contributed by atoms with Crippen LogP contribution in [0.2, 0.25) is 0 Å². The van der Waals surface area contributed by atoms with Gasteiger partial charge < -0.3 is 18.9 Å². The van der Waals surface area contributed by atoms with Crippen LogP contribution in [0.1, 0.15) is 28.3 Å². The summed E-state index contributed by atoms with van der Waals surface area (Å²) >= 11 is 0. The molecule has 2 fully saturated rings. The van der Waals surface area contributed by atoms with E-state index in [1.807, 2.05) is 109 Å². The molecule has 0 spiro atoms. The van der Waals surface area contributed by atoms with Crippen LogP contribution in [-0.4, -0.2) is 42.1 Å². The van der Waals surface area contributed by atoms with E-state index in [9.17, 15) is 5.26 Å². The second kappa shape index (κ2) is 13.2. The Hall–Kier alpha value is -3.83. The number of ether oxygens (including phenoxy) is 4. The number of piperidine rings is 1. The van der Waals surface area contributed by atoms with Crippen molar-refractivity contribution in [2.24, 2.45) is 0 Å². The van der Waals surface area contributed by atoms with Crippen LogP contribution in [0.25, 0.3) is 0 Å². The Bertz CT molecular complexity index is 1400. The van der Waals surface area contributed by atoms with Crippen LogP contribution in [0.5, 0.6) is 0 Å². The van der Waals surface area contributed by atoms with Crippen molar-refractivity contribution in [3.05, 3.63) is 144 Å². The zero-order chi connectivity index (χ0) is 27.9. The molecule has 0 N–H and O–H groups in total. The highest BCUT2D eigenvalue weighted by atomic mass is 16.6. The summed E-state index contributed by atoms with van der Waals surface area (Å²) in [6.45, 7) is 1.57. The molecule has 0 aromatic heterocycles. The van der Waals surface area contributed by atoms with Gasteiger partial charge in [0.05, 0.1) is 38.5 Å². The quantitative estimate of drug-likeness (QED) is 0.241. The van der Waals surface area contributed by atoms with Gasteiger partial charge in [0.25, 0.3) is 0 Å². The minimum atomic E-state index is -0.603. The average Bonchev–Trinajstić information content (AvgIpc) is 3.48. The summed E-state index contributed by atoms with van der Waals surface area (Å²) in [5, 5.41) is 10.6. The minimum absolute atomic E-state index is 0.105. The molecule has 6 nitrogen and oxygen atoms in total. The molecule has 4 aromatic carbocycles. The summed E-state index contributed by atoms with van der Waals surface area (Å²) in [4.78, 5) is 2.14. The second-order valence-corrected chi connectivity index (χ2v) is 10.5. The fraction of sp³-hybridized carbons (Fsp3) is 0.286. The number of benzene rings is 4. The van der Waals surface area contributed by atoms with E-state index in [1.165, 1.54) is 0 Å². The molecule has 6 atom stereocenters. The van der Waals surface area contributed by atoms with Gasteiger partial charge in [-0.15, -0.1) is 0 Å². The number of fused-ring (bicyclic) bond motifs is 1. The van der Waals surface area contributed by atoms with Crippen LogP contribution in [0, 0.1) is 11.3 Å². The number of nitriles is 1. The Morgan fingerprint density at radius 1 is 0.610 bits per heavy atom. The lowest BCUT2D eigenvalue weighted by Gasteiger charge is -2.48. The molecule has 0 bridgehead atoms. The van der Waals surface area contributed by atoms with Crippen LogP contribution in [-0.2, 0) is 38.8 Å². The third kappa shape index (κ3) is 6.25. The minimum Gasteiger partial charge on any atom is -0.368 e. The molecular formula is C35H34N2O4. The van der Waals surface area contributed by atoms with Crippen molar-refractivity contribution in [1.29, 1.82) is 5.26 Å². The standard InChI is InChI=1S/C35H34N2O4/c36-21-30-32(38-22-26-13-5-1-6-14-26)33(39-23-27-15-7-2-8-16-27)34(40-24-28-17-9-3-10-18-28)35-37(30)31(25-41-35)29-19-11-4-12-20-29/h1-20,30-35H,22-25H2/t30?,31-,32+,33-,34+,35+/m0/s1. The molecule has 2 saturated heterocycles. The van der Waals surface area contributed by atoms with Crippen LogP contribution < -0.4 is 0 Å². The van der Waals surface area contributed by atoms with Crippen molar-refractivity contribution in [2.45, 2.75) is 56.4 Å². The van der Waals surface area contributed by atoms with E-state index < -0.39 is 30.6 Å². The van der Waals surface area contributed by atoms with Crippen LogP contribution in [0.3, 0.4) is 0 Å². The number of hydrogen-bond acceptors (Lipinski definition) is 6. The van der Waals surface area contributed by atoms with Crippen molar-refractivity contribution >= 4 is 0 Å². The molecule has 2 heterocycles. The lowest BCUT2D eigenvalue weighted by Crippen LogP contribution is -2.66. The first-order chi connectivity index (χ1) is 20.3. The van der Waals surface area contributed by atoms with Gasteiger partial charge in [-0.05, 0) is 22.3 Å². The maximum absolute atomic E-state index is 10.6. The van der Waals surface area contributed by atoms with Gasteiger partial charge >= 0.3 is 0 Å². The highest BCUT2D eigenvalue weighted by Crippen LogP contribution is 2.42. The fourth-order valence-corrected chi connectivity index (χ4v) is 5.79. The van der Waals surface area contributed by atoms with Gasteiger partial charge in [-0.2, -0.15) is 5.26 Å². The van der Waals surface area contributed by atoms with Crippen molar-refractivity contribution in [3.63, 3.8) is 0 Å². The van der Waals surface area contributed by atoms with Gasteiger partial charge in [0.1, 0.15) is 30.6 Å². The van der Waals surface area contributed by atoms with Gasteiger partial charge in [-0.1, -0.05) is 121 Å². The van der Waals surface area contributed by atoms with E-state index >= 15 is 0 Å². The Labute approximate surface area is 241 Å². The van der Waals surface area contributed by atoms with E-state index in [2.05, 4.69) is 23.1 Å². The fourth-order valence-electron chi connectivity index (χ4n) is 5.79. The molecule has 4 aromatic rings. The Morgan fingerprint density at radius 2 is 1.05 bits per heavy atom. The van der Waals surface area contributed by atoms with E-state index in [1.54, 1.807) is 0 Å². The normalized spacial score (nSPS) is 25.8. The summed E-state index contributed by atoms with van der Waals surface area (Å²) in [6.07, 6.45) is -2.07. The first-order valence-electron chi connectivity index (χ1n) is 14.1. The van der Waals surface area contributed by atoms with E-state index in [0.29, 0.717) is 26.4 Å². The van der Waals surface area contributed by atoms with Gasteiger partial charge in [0, 0.05) is 0 Å². The second-order valence-electron chi connectivity index (χ2n) is 10.5. The van der Waals surface area contributed by atoms with Crippen LogP contribution >= 0.6 is 0 Å². The molecule has 0 radical (unpaired) electrons. The molecule has 6 rings (SSSR count). The van der Waals surface area contributed by atoms with Crippen LogP contribution in [0.15, 0.2) is 121 Å². The zero-order valence-corrected chi connectivity index (χ0v) is 22.9. The summed E-state index contributed by atoms with van der Waals surface area (Å²) in [5.74, 6) is 0. The predicted octanol–water partition coefficient (Wildman–Crippen LogP) is 6.05. The summed E-state index contributed by atoms with van der Waals surface area (Å²) in [6, 6.07) is 42.2. The van der Waals surface area contributed by atoms with Crippen molar-refractivity contribution in [3.8, 4) is 6.07 Å². The SMILES string of the molecule is N#CC1[C@@H](OCc2ccccc2)[C@H](OCc2ccccc2)[C@@H](OCc2ccccc2)[C@H]2OC[C@@H](c3ccccc3)N12. The van der Waals surface area contributed by atoms with E-state index in [4.69, 9.17) is 18.9 Å². The molecule has 41 heavy (non-hydrogen) atoms. The zero-order valence-electron chi connectivity index (χ0n) is 22.9. The molecule has 2 aliphatic heterocycles. The first-order valence-corrected chi connectivity index (χ1v) is 14.1. The summed E-state index contributed by atoms with van der Waals surface area (Å²) < 4.78 is 26.4. The highest BCUT2D eigenvalue weighted by Gasteiger charge is 2.57. The maximum atomic E-state index is 10.6. The first kappa shape index (κ1) is 27.3. The number of hydrogen-bond donors (Lipinski definition) is 0. The highest BCUT2D eigenvalue weighted by molar-refractivity contribution is 5.24. The number of rotatable bonds is 10.